The molecule has 1 heterocycles. The first-order valence-electron chi connectivity index (χ1n) is 12.3. The number of rotatable bonds is 5. The Morgan fingerprint density at radius 3 is 1.14 bits per heavy atom. The zero-order chi connectivity index (χ0) is 25.7. The van der Waals surface area contributed by atoms with Crippen LogP contribution in [-0.2, 0) is 0 Å². The van der Waals surface area contributed by atoms with Gasteiger partial charge in [0.25, 0.3) is 0 Å². The van der Waals surface area contributed by atoms with E-state index in [-0.39, 0.29) is 4.62 Å². The molecule has 0 aliphatic rings. The van der Waals surface area contributed by atoms with Gasteiger partial charge in [0.05, 0.1) is 0 Å². The summed E-state index contributed by atoms with van der Waals surface area (Å²) in [7, 11) is 0. The van der Waals surface area contributed by atoms with E-state index in [9.17, 15) is 0 Å². The molecule has 0 aliphatic heterocycles. The minimum absolute atomic E-state index is 0.162. The van der Waals surface area contributed by atoms with Crippen molar-refractivity contribution in [2.45, 2.75) is 62.3 Å². The molecule has 0 bridgehead atoms. The van der Waals surface area contributed by atoms with Crippen LogP contribution in [0.2, 0.25) is 0 Å². The van der Waals surface area contributed by atoms with Crippen LogP contribution in [-0.4, -0.2) is 17.9 Å². The SMILES string of the molecule is Cc1cc(C)[c]([Ge]([C](=O)c2ccco2)([c]2c(C)cc(C)cc2C)[c]2c(C)cc(C)cc2C)c(C)c1. The van der Waals surface area contributed by atoms with E-state index in [1.807, 2.05) is 12.1 Å². The molecule has 0 spiro atoms. The molecule has 0 N–H and O–H groups in total. The van der Waals surface area contributed by atoms with Gasteiger partial charge in [-0.3, -0.25) is 0 Å². The molecule has 0 saturated carbocycles. The molecule has 4 aromatic rings. The number of carbonyl (C=O) groups excluding carboxylic acids is 1. The summed E-state index contributed by atoms with van der Waals surface area (Å²) in [6.45, 7) is 19.5. The Morgan fingerprint density at radius 2 is 0.886 bits per heavy atom. The number of hydrogen-bond acceptors (Lipinski definition) is 2. The van der Waals surface area contributed by atoms with Crippen LogP contribution in [0.1, 0.15) is 60.6 Å². The molecular weight excluding hydrogens is 489 g/mol. The Balaban J connectivity index is 2.35. The van der Waals surface area contributed by atoms with Crippen molar-refractivity contribution < 1.29 is 9.21 Å². The second kappa shape index (κ2) is 9.31. The zero-order valence-electron chi connectivity index (χ0n) is 22.5. The van der Waals surface area contributed by atoms with Gasteiger partial charge in [-0.05, 0) is 0 Å². The van der Waals surface area contributed by atoms with E-state index in [2.05, 4.69) is 98.7 Å². The molecule has 0 aliphatic carbocycles. The van der Waals surface area contributed by atoms with Crippen molar-refractivity contribution in [1.29, 1.82) is 0 Å². The van der Waals surface area contributed by atoms with Crippen molar-refractivity contribution in [2.75, 3.05) is 0 Å². The van der Waals surface area contributed by atoms with Crippen LogP contribution < -0.4 is 13.2 Å². The molecule has 0 amide bonds. The van der Waals surface area contributed by atoms with E-state index >= 15 is 4.79 Å². The van der Waals surface area contributed by atoms with E-state index in [0.717, 1.165) is 0 Å². The number of benzene rings is 3. The Morgan fingerprint density at radius 1 is 0.571 bits per heavy atom. The normalized spacial score (nSPS) is 11.7. The van der Waals surface area contributed by atoms with Crippen LogP contribution in [0.25, 0.3) is 0 Å². The summed E-state index contributed by atoms with van der Waals surface area (Å²) in [4.78, 5) is 15.1. The first-order valence-corrected chi connectivity index (χ1v) is 16.5. The van der Waals surface area contributed by atoms with Crippen LogP contribution in [0, 0.1) is 62.3 Å². The molecule has 3 heteroatoms. The first kappa shape index (κ1) is 25.3. The molecule has 0 fully saturated rings. The molecule has 0 radical (unpaired) electrons. The quantitative estimate of drug-likeness (QED) is 0.302. The molecule has 0 atom stereocenters. The van der Waals surface area contributed by atoms with Gasteiger partial charge in [-0.1, -0.05) is 0 Å². The van der Waals surface area contributed by atoms with E-state index < -0.39 is 13.3 Å². The fraction of sp³-hybridized carbons (Fsp3) is 0.281. The maximum atomic E-state index is 15.1. The molecule has 35 heavy (non-hydrogen) atoms. The van der Waals surface area contributed by atoms with Crippen molar-refractivity contribution in [2.24, 2.45) is 0 Å². The zero-order valence-corrected chi connectivity index (χ0v) is 24.6. The van der Waals surface area contributed by atoms with Gasteiger partial charge in [0.2, 0.25) is 0 Å². The van der Waals surface area contributed by atoms with Gasteiger partial charge >= 0.3 is 213 Å². The van der Waals surface area contributed by atoms with Crippen molar-refractivity contribution in [3.63, 3.8) is 0 Å². The van der Waals surface area contributed by atoms with Gasteiger partial charge in [0.15, 0.2) is 0 Å². The number of furan rings is 1. The van der Waals surface area contributed by atoms with Crippen LogP contribution >= 0.6 is 0 Å². The van der Waals surface area contributed by atoms with Crippen LogP contribution in [0.5, 0.6) is 0 Å². The Hall–Kier alpha value is -2.85. The third kappa shape index (κ3) is 4.12. The minimum atomic E-state index is -4.09. The number of hydrogen-bond donors (Lipinski definition) is 0. The fourth-order valence-corrected chi connectivity index (χ4v) is 19.1. The van der Waals surface area contributed by atoms with E-state index in [1.165, 1.54) is 63.3 Å². The molecule has 0 unspecified atom stereocenters. The van der Waals surface area contributed by atoms with Gasteiger partial charge in [-0.2, -0.15) is 0 Å². The van der Waals surface area contributed by atoms with Crippen LogP contribution in [0.3, 0.4) is 0 Å². The fourth-order valence-electron chi connectivity index (χ4n) is 6.62. The van der Waals surface area contributed by atoms with E-state index in [1.54, 1.807) is 6.26 Å². The summed E-state index contributed by atoms with van der Waals surface area (Å²) in [6.07, 6.45) is 1.62. The van der Waals surface area contributed by atoms with Gasteiger partial charge in [0.1, 0.15) is 0 Å². The maximum absolute atomic E-state index is 15.1. The van der Waals surface area contributed by atoms with Crippen LogP contribution in [0.4, 0.5) is 0 Å². The van der Waals surface area contributed by atoms with E-state index in [0.29, 0.717) is 5.76 Å². The third-order valence-corrected chi connectivity index (χ3v) is 18.9. The summed E-state index contributed by atoms with van der Waals surface area (Å²) < 4.78 is 9.75. The summed E-state index contributed by atoms with van der Waals surface area (Å²) >= 11 is -4.09. The monoisotopic (exact) mass is 526 g/mol. The van der Waals surface area contributed by atoms with Gasteiger partial charge < -0.3 is 0 Å². The molecule has 2 nitrogen and oxygen atoms in total. The van der Waals surface area contributed by atoms with Crippen molar-refractivity contribution in [3.05, 3.63) is 111 Å². The first-order chi connectivity index (χ1) is 16.5. The van der Waals surface area contributed by atoms with Crippen LogP contribution in [0.15, 0.2) is 59.2 Å². The van der Waals surface area contributed by atoms with Crippen molar-refractivity contribution in [3.8, 4) is 0 Å². The molecule has 3 aromatic carbocycles. The summed E-state index contributed by atoms with van der Waals surface area (Å²) in [5, 5.41) is 0. The summed E-state index contributed by atoms with van der Waals surface area (Å²) in [5.41, 5.74) is 10.8. The summed E-state index contributed by atoms with van der Waals surface area (Å²) in [6, 6.07) is 17.2. The molecule has 1 aromatic heterocycles. The molecule has 180 valence electrons. The molecule has 4 rings (SSSR count). The second-order valence-electron chi connectivity index (χ2n) is 10.4. The predicted octanol–water partition coefficient (Wildman–Crippen LogP) is 5.95. The Bertz CT molecular complexity index is 1230. The number of carbonyl (C=O) groups is 1. The number of aryl methyl sites for hydroxylation is 9. The predicted molar refractivity (Wildman–Crippen MR) is 150 cm³/mol. The van der Waals surface area contributed by atoms with E-state index in [4.69, 9.17) is 4.42 Å². The third-order valence-electron chi connectivity index (χ3n) is 7.24. The average molecular weight is 525 g/mol. The van der Waals surface area contributed by atoms with Gasteiger partial charge in [-0.15, -0.1) is 0 Å². The average Bonchev–Trinajstić information content (AvgIpc) is 3.25. The van der Waals surface area contributed by atoms with Gasteiger partial charge in [0, 0.05) is 0 Å². The van der Waals surface area contributed by atoms with Crippen molar-refractivity contribution in [1.82, 2.24) is 0 Å². The Kier molecular flexibility index (Phi) is 6.72. The van der Waals surface area contributed by atoms with Gasteiger partial charge in [-0.25, -0.2) is 0 Å². The second-order valence-corrected chi connectivity index (χ2v) is 17.6. The molecule has 0 saturated heterocycles. The summed E-state index contributed by atoms with van der Waals surface area (Å²) in [5.74, 6) is 0.461. The Labute approximate surface area is 212 Å². The standard InChI is InChI=1S/C32H36GeO2/c1-19-13-22(4)29(23(5)14-19)33(32(34)28-11-10-12-35-28,30-24(6)15-20(2)16-25(30)7)31-26(8)17-21(3)18-27(31)9/h10-18H,1-9H3. The van der Waals surface area contributed by atoms with Crippen molar-refractivity contribution >= 4 is 31.1 Å². The molecular formula is C32H36GeO2. The topological polar surface area (TPSA) is 30.2 Å².